The predicted octanol–water partition coefficient (Wildman–Crippen LogP) is 6.08. The lowest BCUT2D eigenvalue weighted by Crippen LogP contribution is -2.45. The molecule has 0 unspecified atom stereocenters. The number of benzene rings is 2. The van der Waals surface area contributed by atoms with Gasteiger partial charge in [0.15, 0.2) is 11.5 Å². The Morgan fingerprint density at radius 3 is 2.53 bits per heavy atom. The second-order valence-corrected chi connectivity index (χ2v) is 12.4. The summed E-state index contributed by atoms with van der Waals surface area (Å²) in [5.41, 5.74) is 6.11. The van der Waals surface area contributed by atoms with E-state index in [-0.39, 0.29) is 5.91 Å². The van der Waals surface area contributed by atoms with Crippen LogP contribution in [0.15, 0.2) is 97.9 Å². The van der Waals surface area contributed by atoms with Gasteiger partial charge >= 0.3 is 0 Å². The lowest BCUT2D eigenvalue weighted by Gasteiger charge is -2.40. The molecule has 1 fully saturated rings. The minimum absolute atomic E-state index is 0.0113. The summed E-state index contributed by atoms with van der Waals surface area (Å²) in [6, 6.07) is 19.9. The second-order valence-electron chi connectivity index (χ2n) is 12.4. The summed E-state index contributed by atoms with van der Waals surface area (Å²) in [4.78, 5) is 26.1. The molecule has 2 aromatic carbocycles. The second kappa shape index (κ2) is 13.4. The first-order valence-corrected chi connectivity index (χ1v) is 16.3. The number of carbonyl (C=O) groups is 1. The molecule has 1 aliphatic rings. The molecule has 6 aromatic rings. The first-order valence-electron chi connectivity index (χ1n) is 16.3. The highest BCUT2D eigenvalue weighted by molar-refractivity contribution is 5.88. The number of nitrogens with zero attached hydrogens (tertiary/aromatic N) is 8. The molecule has 0 atom stereocenters. The van der Waals surface area contributed by atoms with Crippen molar-refractivity contribution in [3.8, 4) is 11.5 Å². The Kier molecular flexibility index (Phi) is 8.70. The highest BCUT2D eigenvalue weighted by Gasteiger charge is 2.40. The van der Waals surface area contributed by atoms with Crippen LogP contribution in [0.4, 0.5) is 17.2 Å². The zero-order valence-corrected chi connectivity index (χ0v) is 28.1. The number of hydrogen-bond donors (Lipinski definition) is 1. The molecule has 0 saturated carbocycles. The molecule has 1 saturated heterocycles. The molecule has 0 radical (unpaired) electrons. The number of ether oxygens (including phenoxy) is 2. The van der Waals surface area contributed by atoms with Gasteiger partial charge in [-0.1, -0.05) is 24.3 Å². The van der Waals surface area contributed by atoms with Gasteiger partial charge in [-0.25, -0.2) is 19.0 Å². The Hall–Kier alpha value is -5.75. The molecule has 0 bridgehead atoms. The Morgan fingerprint density at radius 1 is 0.959 bits per heavy atom. The van der Waals surface area contributed by atoms with Gasteiger partial charge in [0.1, 0.15) is 29.7 Å². The van der Waals surface area contributed by atoms with E-state index in [1.807, 2.05) is 90.4 Å². The summed E-state index contributed by atoms with van der Waals surface area (Å²) in [6.45, 7) is 5.88. The maximum absolute atomic E-state index is 13.2. The summed E-state index contributed by atoms with van der Waals surface area (Å²) >= 11 is 0. The number of nitrogens with one attached hydrogen (secondary N) is 1. The van der Waals surface area contributed by atoms with E-state index in [0.717, 1.165) is 33.8 Å². The first-order chi connectivity index (χ1) is 23.8. The van der Waals surface area contributed by atoms with Gasteiger partial charge in [-0.15, -0.1) is 0 Å². The number of amides is 1. The molecular weight excluding hydrogens is 618 g/mol. The van der Waals surface area contributed by atoms with Crippen LogP contribution in [0.1, 0.15) is 29.5 Å². The van der Waals surface area contributed by atoms with E-state index in [0.29, 0.717) is 49.7 Å². The number of para-hydroxylation sites is 1. The molecule has 49 heavy (non-hydrogen) atoms. The lowest BCUT2D eigenvalue weighted by atomic mass is 9.84. The molecule has 12 heteroatoms. The number of anilines is 3. The fraction of sp³-hybridized carbons (Fsp3) is 0.270. The quantitative estimate of drug-likeness (QED) is 0.175. The van der Waals surface area contributed by atoms with Gasteiger partial charge < -0.3 is 24.6 Å². The van der Waals surface area contributed by atoms with E-state index in [4.69, 9.17) is 9.47 Å². The SMILES string of the molecule is COC1(c2ccn3ncnc(Nc4ccc(Oc5ccn6ncnc6c5)c(C)c4)c23)CCN(C(=O)/C=C/CN(C)c2ccccc2C)CC1. The maximum Gasteiger partial charge on any atom is 0.246 e. The number of fused-ring (bicyclic) bond motifs is 2. The lowest BCUT2D eigenvalue weighted by molar-refractivity contribution is -0.132. The Bertz CT molecular complexity index is 2150. The minimum Gasteiger partial charge on any atom is -0.457 e. The molecule has 1 amide bonds. The standard InChI is InChI=1S/C37H39N9O3/c1-26-8-5-6-9-31(26)43(3)17-7-10-34(47)44-20-15-37(48-4,16-21-44)30-14-19-46-35(30)36(39-25-41-46)42-28-11-12-32(27(2)22-28)49-29-13-18-45-33(23-29)38-24-40-45/h5-14,18-19,22-25H,15-17,20-21H2,1-4H3,(H,39,41,42)/b10-7+. The monoisotopic (exact) mass is 657 g/mol. The van der Waals surface area contributed by atoms with E-state index in [2.05, 4.69) is 49.4 Å². The topological polar surface area (TPSA) is 114 Å². The average molecular weight is 658 g/mol. The van der Waals surface area contributed by atoms with Crippen molar-refractivity contribution in [3.63, 3.8) is 0 Å². The van der Waals surface area contributed by atoms with Crippen LogP contribution in [0.3, 0.4) is 0 Å². The summed E-state index contributed by atoms with van der Waals surface area (Å²) in [6.07, 6.45) is 11.7. The van der Waals surface area contributed by atoms with Crippen LogP contribution in [0.2, 0.25) is 0 Å². The molecule has 0 spiro atoms. The zero-order chi connectivity index (χ0) is 34.0. The Morgan fingerprint density at radius 2 is 1.73 bits per heavy atom. The van der Waals surface area contributed by atoms with Crippen LogP contribution < -0.4 is 15.0 Å². The third-order valence-electron chi connectivity index (χ3n) is 9.30. The van der Waals surface area contributed by atoms with Crippen LogP contribution >= 0.6 is 0 Å². The highest BCUT2D eigenvalue weighted by Crippen LogP contribution is 2.41. The molecule has 1 aliphatic heterocycles. The Labute approximate surface area is 284 Å². The number of rotatable bonds is 10. The van der Waals surface area contributed by atoms with Gasteiger partial charge in [0.05, 0.1) is 5.60 Å². The third-order valence-corrected chi connectivity index (χ3v) is 9.30. The molecule has 1 N–H and O–H groups in total. The number of likely N-dealkylation sites (N-methyl/N-ethyl adjacent to an activating group) is 1. The van der Waals surface area contributed by atoms with Crippen molar-refractivity contribution in [1.82, 2.24) is 34.1 Å². The predicted molar refractivity (Wildman–Crippen MR) is 189 cm³/mol. The van der Waals surface area contributed by atoms with E-state index < -0.39 is 5.60 Å². The highest BCUT2D eigenvalue weighted by atomic mass is 16.5. The van der Waals surface area contributed by atoms with Crippen LogP contribution in [-0.2, 0) is 15.1 Å². The first kappa shape index (κ1) is 31.8. The molecule has 7 rings (SSSR count). The van der Waals surface area contributed by atoms with Gasteiger partial charge in [-0.05, 0) is 74.2 Å². The fourth-order valence-electron chi connectivity index (χ4n) is 6.56. The fourth-order valence-corrected chi connectivity index (χ4v) is 6.56. The number of carbonyl (C=O) groups excluding carboxylic acids is 1. The van der Waals surface area contributed by atoms with Crippen molar-refractivity contribution >= 4 is 34.3 Å². The van der Waals surface area contributed by atoms with Crippen molar-refractivity contribution in [1.29, 1.82) is 0 Å². The molecule has 12 nitrogen and oxygen atoms in total. The van der Waals surface area contributed by atoms with Crippen LogP contribution in [-0.4, -0.2) is 73.8 Å². The van der Waals surface area contributed by atoms with Crippen LogP contribution in [0.5, 0.6) is 11.5 Å². The zero-order valence-electron chi connectivity index (χ0n) is 28.1. The van der Waals surface area contributed by atoms with Crippen LogP contribution in [0.25, 0.3) is 11.2 Å². The summed E-state index contributed by atoms with van der Waals surface area (Å²) < 4.78 is 15.9. The van der Waals surface area contributed by atoms with Gasteiger partial charge in [0.2, 0.25) is 5.91 Å². The van der Waals surface area contributed by atoms with Crippen molar-refractivity contribution in [2.24, 2.45) is 0 Å². The minimum atomic E-state index is -0.597. The van der Waals surface area contributed by atoms with Crippen LogP contribution in [0, 0.1) is 13.8 Å². The normalized spacial score (nSPS) is 14.5. The maximum atomic E-state index is 13.2. The van der Waals surface area contributed by atoms with E-state index in [1.54, 1.807) is 17.7 Å². The molecule has 250 valence electrons. The number of likely N-dealkylation sites (tertiary alicyclic amines) is 1. The number of aryl methyl sites for hydroxylation is 2. The average Bonchev–Trinajstić information content (AvgIpc) is 3.78. The van der Waals surface area contributed by atoms with Crippen molar-refractivity contribution < 1.29 is 14.3 Å². The van der Waals surface area contributed by atoms with Gasteiger partial charge in [-0.2, -0.15) is 10.2 Å². The van der Waals surface area contributed by atoms with Crippen molar-refractivity contribution in [3.05, 3.63) is 115 Å². The van der Waals surface area contributed by atoms with E-state index in [1.165, 1.54) is 18.2 Å². The summed E-state index contributed by atoms with van der Waals surface area (Å²) in [7, 11) is 3.77. The summed E-state index contributed by atoms with van der Waals surface area (Å²) in [5.74, 6) is 2.09. The smallest absolute Gasteiger partial charge is 0.246 e. The largest absolute Gasteiger partial charge is 0.457 e. The van der Waals surface area contributed by atoms with Gasteiger partial charge in [-0.3, -0.25) is 4.79 Å². The number of methoxy groups -OCH3 is 1. The van der Waals surface area contributed by atoms with E-state index in [9.17, 15) is 4.79 Å². The van der Waals surface area contributed by atoms with Gasteiger partial charge in [0, 0.05) is 75.3 Å². The molecule has 4 aromatic heterocycles. The number of hydrogen-bond acceptors (Lipinski definition) is 9. The van der Waals surface area contributed by atoms with Crippen molar-refractivity contribution in [2.75, 3.05) is 44.0 Å². The summed E-state index contributed by atoms with van der Waals surface area (Å²) in [5, 5.41) is 12.1. The van der Waals surface area contributed by atoms with E-state index >= 15 is 0 Å². The number of pyridine rings is 1. The molecule has 5 heterocycles. The van der Waals surface area contributed by atoms with Gasteiger partial charge in [0.25, 0.3) is 0 Å². The molecule has 0 aliphatic carbocycles. The van der Waals surface area contributed by atoms with Crippen molar-refractivity contribution in [2.45, 2.75) is 32.3 Å². The number of piperidine rings is 1. The molecular formula is C37H39N9O3. The number of aromatic nitrogens is 6. The third kappa shape index (κ3) is 6.42. The Balaban J connectivity index is 1.04.